The number of methoxy groups -OCH3 is 2. The predicted octanol–water partition coefficient (Wildman–Crippen LogP) is 0.578. The van der Waals surface area contributed by atoms with Crippen LogP contribution in [0.25, 0.3) is 0 Å². The minimum atomic E-state index is -0.700. The Balaban J connectivity index is 2.65. The van der Waals surface area contributed by atoms with Gasteiger partial charge in [-0.2, -0.15) is 0 Å². The van der Waals surface area contributed by atoms with Crippen molar-refractivity contribution in [2.75, 3.05) is 14.2 Å². The number of hydrogen-bond acceptors (Lipinski definition) is 6. The van der Waals surface area contributed by atoms with E-state index in [-0.39, 0.29) is 0 Å². The summed E-state index contributed by atoms with van der Waals surface area (Å²) in [6.45, 7) is 0. The van der Waals surface area contributed by atoms with Crippen LogP contribution in [0.2, 0.25) is 0 Å². The summed E-state index contributed by atoms with van der Waals surface area (Å²) in [5, 5.41) is 1.67. The third-order valence-electron chi connectivity index (χ3n) is 2.00. The SMILES string of the molecule is COC(=O)c1csc(CC(N)C(=O)OC)c1. The van der Waals surface area contributed by atoms with Gasteiger partial charge in [-0.1, -0.05) is 0 Å². The molecule has 1 rings (SSSR count). The van der Waals surface area contributed by atoms with Crippen LogP contribution in [0.5, 0.6) is 0 Å². The van der Waals surface area contributed by atoms with Crippen LogP contribution >= 0.6 is 11.3 Å². The summed E-state index contributed by atoms with van der Waals surface area (Å²) in [7, 11) is 2.61. The molecule has 0 aromatic carbocycles. The van der Waals surface area contributed by atoms with Gasteiger partial charge in [0.1, 0.15) is 6.04 Å². The first kappa shape index (κ1) is 12.7. The lowest BCUT2D eigenvalue weighted by atomic mass is 10.2. The Kier molecular flexibility index (Phi) is 4.45. The molecule has 0 radical (unpaired) electrons. The van der Waals surface area contributed by atoms with Crippen molar-refractivity contribution in [3.63, 3.8) is 0 Å². The minimum absolute atomic E-state index is 0.355. The summed E-state index contributed by atoms with van der Waals surface area (Å²) in [6, 6.07) is 0.966. The molecule has 5 nitrogen and oxygen atoms in total. The van der Waals surface area contributed by atoms with Gasteiger partial charge in [0, 0.05) is 16.7 Å². The maximum Gasteiger partial charge on any atom is 0.338 e. The predicted molar refractivity (Wildman–Crippen MR) is 59.4 cm³/mol. The number of carbonyl (C=O) groups is 2. The molecule has 0 bridgehead atoms. The van der Waals surface area contributed by atoms with Crippen molar-refractivity contribution < 1.29 is 19.1 Å². The largest absolute Gasteiger partial charge is 0.468 e. The molecule has 1 heterocycles. The third kappa shape index (κ3) is 3.04. The van der Waals surface area contributed by atoms with Gasteiger partial charge in [-0.25, -0.2) is 4.79 Å². The second-order valence-electron chi connectivity index (χ2n) is 3.13. The first-order chi connectivity index (χ1) is 7.58. The minimum Gasteiger partial charge on any atom is -0.468 e. The molecule has 6 heteroatoms. The van der Waals surface area contributed by atoms with Gasteiger partial charge in [0.2, 0.25) is 0 Å². The number of rotatable bonds is 4. The fourth-order valence-electron chi connectivity index (χ4n) is 1.16. The second-order valence-corrected chi connectivity index (χ2v) is 4.12. The highest BCUT2D eigenvalue weighted by Gasteiger charge is 2.16. The molecule has 16 heavy (non-hydrogen) atoms. The van der Waals surface area contributed by atoms with Gasteiger partial charge >= 0.3 is 11.9 Å². The fourth-order valence-corrected chi connectivity index (χ4v) is 2.08. The lowest BCUT2D eigenvalue weighted by molar-refractivity contribution is -0.142. The Bertz CT molecular complexity index is 388. The Labute approximate surface area is 97.2 Å². The van der Waals surface area contributed by atoms with Gasteiger partial charge in [-0.3, -0.25) is 4.79 Å². The van der Waals surface area contributed by atoms with E-state index in [9.17, 15) is 9.59 Å². The van der Waals surface area contributed by atoms with Crippen LogP contribution in [0.1, 0.15) is 15.2 Å². The molecule has 0 saturated carbocycles. The molecule has 0 fully saturated rings. The topological polar surface area (TPSA) is 78.6 Å². The summed E-state index contributed by atoms with van der Waals surface area (Å²) in [5.74, 6) is -0.859. The van der Waals surface area contributed by atoms with Crippen molar-refractivity contribution in [3.8, 4) is 0 Å². The molecule has 0 aliphatic rings. The van der Waals surface area contributed by atoms with E-state index < -0.39 is 18.0 Å². The number of carbonyl (C=O) groups excluding carboxylic acids is 2. The Morgan fingerprint density at radius 3 is 2.69 bits per heavy atom. The normalized spacial score (nSPS) is 11.9. The van der Waals surface area contributed by atoms with Crippen LogP contribution in [0.3, 0.4) is 0 Å². The average Bonchev–Trinajstić information content (AvgIpc) is 2.75. The summed E-state index contributed by atoms with van der Waals surface area (Å²) >= 11 is 1.36. The van der Waals surface area contributed by atoms with E-state index in [0.29, 0.717) is 12.0 Å². The van der Waals surface area contributed by atoms with Crippen molar-refractivity contribution in [1.82, 2.24) is 0 Å². The molecular formula is C10H13NO4S. The average molecular weight is 243 g/mol. The number of ether oxygens (including phenoxy) is 2. The molecule has 88 valence electrons. The van der Waals surface area contributed by atoms with Crippen LogP contribution < -0.4 is 5.73 Å². The smallest absolute Gasteiger partial charge is 0.338 e. The molecule has 1 aromatic heterocycles. The van der Waals surface area contributed by atoms with Crippen LogP contribution in [0, 0.1) is 0 Å². The molecule has 0 amide bonds. The van der Waals surface area contributed by atoms with Gasteiger partial charge in [0.15, 0.2) is 0 Å². The summed E-state index contributed by atoms with van der Waals surface area (Å²) < 4.78 is 9.08. The van der Waals surface area contributed by atoms with Crippen molar-refractivity contribution in [1.29, 1.82) is 0 Å². The lowest BCUT2D eigenvalue weighted by Crippen LogP contribution is -2.33. The first-order valence-electron chi connectivity index (χ1n) is 4.57. The summed E-state index contributed by atoms with van der Waals surface area (Å²) in [5.41, 5.74) is 6.07. The van der Waals surface area contributed by atoms with Crippen LogP contribution in [-0.4, -0.2) is 32.2 Å². The summed E-state index contributed by atoms with van der Waals surface area (Å²) in [4.78, 5) is 23.1. The van der Waals surface area contributed by atoms with Crippen molar-refractivity contribution in [2.24, 2.45) is 5.73 Å². The van der Waals surface area contributed by atoms with Crippen molar-refractivity contribution >= 4 is 23.3 Å². The molecule has 2 N–H and O–H groups in total. The van der Waals surface area contributed by atoms with Gasteiger partial charge in [0.05, 0.1) is 19.8 Å². The maximum absolute atomic E-state index is 11.2. The molecule has 0 spiro atoms. The molecule has 0 aliphatic carbocycles. The Morgan fingerprint density at radius 1 is 1.44 bits per heavy atom. The van der Waals surface area contributed by atoms with E-state index in [2.05, 4.69) is 9.47 Å². The van der Waals surface area contributed by atoms with E-state index in [1.54, 1.807) is 11.4 Å². The number of nitrogens with two attached hydrogens (primary N) is 1. The number of hydrogen-bond donors (Lipinski definition) is 1. The maximum atomic E-state index is 11.2. The quantitative estimate of drug-likeness (QED) is 0.782. The van der Waals surface area contributed by atoms with Crippen LogP contribution in [-0.2, 0) is 20.7 Å². The summed E-state index contributed by atoms with van der Waals surface area (Å²) in [6.07, 6.45) is 0.355. The van der Waals surface area contributed by atoms with Gasteiger partial charge < -0.3 is 15.2 Å². The van der Waals surface area contributed by atoms with E-state index in [0.717, 1.165) is 4.88 Å². The number of thiophene rings is 1. The molecule has 1 unspecified atom stereocenters. The molecule has 1 atom stereocenters. The zero-order valence-corrected chi connectivity index (χ0v) is 9.87. The number of esters is 2. The molecule has 0 saturated heterocycles. The van der Waals surface area contributed by atoms with Gasteiger partial charge in [-0.15, -0.1) is 11.3 Å². The standard InChI is InChI=1S/C10H13NO4S/c1-14-9(12)6-3-7(16-5-6)4-8(11)10(13)15-2/h3,5,8H,4,11H2,1-2H3. The highest BCUT2D eigenvalue weighted by Crippen LogP contribution is 2.17. The highest BCUT2D eigenvalue weighted by molar-refractivity contribution is 7.10. The van der Waals surface area contributed by atoms with Gasteiger partial charge in [0.25, 0.3) is 0 Å². The zero-order valence-electron chi connectivity index (χ0n) is 9.06. The Morgan fingerprint density at radius 2 is 2.12 bits per heavy atom. The third-order valence-corrected chi connectivity index (χ3v) is 2.96. The zero-order chi connectivity index (χ0) is 12.1. The molecule has 1 aromatic rings. The van der Waals surface area contributed by atoms with Gasteiger partial charge in [-0.05, 0) is 6.07 Å². The van der Waals surface area contributed by atoms with Crippen LogP contribution in [0.15, 0.2) is 11.4 Å². The fraction of sp³-hybridized carbons (Fsp3) is 0.400. The second kappa shape index (κ2) is 5.62. The van der Waals surface area contributed by atoms with E-state index in [1.165, 1.54) is 25.6 Å². The first-order valence-corrected chi connectivity index (χ1v) is 5.45. The van der Waals surface area contributed by atoms with E-state index in [4.69, 9.17) is 5.73 Å². The molecule has 0 aliphatic heterocycles. The van der Waals surface area contributed by atoms with Crippen molar-refractivity contribution in [3.05, 3.63) is 21.9 Å². The Hall–Kier alpha value is -1.40. The van der Waals surface area contributed by atoms with Crippen molar-refractivity contribution in [2.45, 2.75) is 12.5 Å². The van der Waals surface area contributed by atoms with E-state index >= 15 is 0 Å². The monoisotopic (exact) mass is 243 g/mol. The molecular weight excluding hydrogens is 230 g/mol. The van der Waals surface area contributed by atoms with Crippen LogP contribution in [0.4, 0.5) is 0 Å². The lowest BCUT2D eigenvalue weighted by Gasteiger charge is -2.06. The van der Waals surface area contributed by atoms with E-state index in [1.807, 2.05) is 0 Å². The highest BCUT2D eigenvalue weighted by atomic mass is 32.1.